The first-order valence-electron chi connectivity index (χ1n) is 10.3. The predicted octanol–water partition coefficient (Wildman–Crippen LogP) is 2.75. The van der Waals surface area contributed by atoms with Crippen molar-refractivity contribution in [3.05, 3.63) is 47.7 Å². The average molecular weight is 412 g/mol. The molecular weight excluding hydrogens is 382 g/mol. The van der Waals surface area contributed by atoms with Crippen LogP contribution >= 0.6 is 0 Å². The van der Waals surface area contributed by atoms with E-state index in [0.717, 1.165) is 37.4 Å². The third kappa shape index (κ3) is 3.75. The molecule has 30 heavy (non-hydrogen) atoms. The molecule has 1 aliphatic carbocycles. The molecular formula is C23H29N3O4. The van der Waals surface area contributed by atoms with E-state index in [1.165, 1.54) is 7.11 Å². The summed E-state index contributed by atoms with van der Waals surface area (Å²) in [7, 11) is 4.76. The first kappa shape index (κ1) is 20.6. The van der Waals surface area contributed by atoms with E-state index in [1.54, 1.807) is 20.4 Å². The number of rotatable bonds is 7. The lowest BCUT2D eigenvalue weighted by Gasteiger charge is -2.31. The zero-order chi connectivity index (χ0) is 21.1. The van der Waals surface area contributed by atoms with Gasteiger partial charge < -0.3 is 19.3 Å². The number of likely N-dealkylation sites (tertiary alicyclic amines) is 1. The van der Waals surface area contributed by atoms with Crippen molar-refractivity contribution >= 4 is 6.08 Å². The minimum Gasteiger partial charge on any atom is -0.496 e. The molecule has 2 fully saturated rings. The fourth-order valence-electron chi connectivity index (χ4n) is 4.90. The van der Waals surface area contributed by atoms with Gasteiger partial charge in [-0.25, -0.2) is 4.98 Å². The monoisotopic (exact) mass is 411 g/mol. The summed E-state index contributed by atoms with van der Waals surface area (Å²) >= 11 is 0. The van der Waals surface area contributed by atoms with Crippen LogP contribution in [0.4, 0.5) is 0 Å². The summed E-state index contributed by atoms with van der Waals surface area (Å²) in [5, 5.41) is 11.6. The summed E-state index contributed by atoms with van der Waals surface area (Å²) in [6.07, 6.45) is 7.58. The number of para-hydroxylation sites is 1. The van der Waals surface area contributed by atoms with E-state index < -0.39 is 5.60 Å². The maximum absolute atomic E-state index is 11.6. The smallest absolute Gasteiger partial charge is 0.319 e. The third-order valence-corrected chi connectivity index (χ3v) is 6.40. The molecule has 0 radical (unpaired) electrons. The molecule has 1 N–H and O–H groups in total. The fraction of sp³-hybridized carbons (Fsp3) is 0.478. The second kappa shape index (κ2) is 8.62. The molecule has 7 heteroatoms. The molecule has 0 unspecified atom stereocenters. The van der Waals surface area contributed by atoms with Crippen molar-refractivity contribution in [3.8, 4) is 17.6 Å². The minimum absolute atomic E-state index is 0.128. The number of ether oxygens (including phenoxy) is 3. The van der Waals surface area contributed by atoms with Gasteiger partial charge in [0.05, 0.1) is 26.9 Å². The number of aromatic nitrogens is 2. The molecule has 0 amide bonds. The Labute approximate surface area is 177 Å². The lowest BCUT2D eigenvalue weighted by atomic mass is 9.83. The molecule has 160 valence electrons. The predicted molar refractivity (Wildman–Crippen MR) is 114 cm³/mol. The summed E-state index contributed by atoms with van der Waals surface area (Å²) in [5.41, 5.74) is 0.740. The molecule has 1 aromatic heterocycles. The van der Waals surface area contributed by atoms with Crippen LogP contribution in [0.3, 0.4) is 0 Å². The molecule has 1 aromatic carbocycles. The molecule has 2 heterocycles. The van der Waals surface area contributed by atoms with Gasteiger partial charge in [0.1, 0.15) is 11.4 Å². The Morgan fingerprint density at radius 2 is 2.00 bits per heavy atom. The lowest BCUT2D eigenvalue weighted by molar-refractivity contribution is -0.00900. The largest absolute Gasteiger partial charge is 0.496 e. The van der Waals surface area contributed by atoms with Gasteiger partial charge in [-0.05, 0) is 24.8 Å². The van der Waals surface area contributed by atoms with Crippen LogP contribution < -0.4 is 14.2 Å². The van der Waals surface area contributed by atoms with Gasteiger partial charge in [0.25, 0.3) is 0 Å². The average Bonchev–Trinajstić information content (AvgIpc) is 3.33. The number of fused-ring (bicyclic) bond motifs is 1. The molecule has 7 nitrogen and oxygen atoms in total. The normalized spacial score (nSPS) is 26.1. The Morgan fingerprint density at radius 3 is 2.77 bits per heavy atom. The first-order valence-corrected chi connectivity index (χ1v) is 10.3. The molecule has 1 aliphatic heterocycles. The van der Waals surface area contributed by atoms with Crippen LogP contribution in [0.2, 0.25) is 0 Å². The zero-order valence-electron chi connectivity index (χ0n) is 17.7. The fourth-order valence-corrected chi connectivity index (χ4v) is 4.90. The van der Waals surface area contributed by atoms with Crippen molar-refractivity contribution in [1.29, 1.82) is 0 Å². The van der Waals surface area contributed by atoms with E-state index in [4.69, 9.17) is 14.2 Å². The molecule has 2 aromatic rings. The molecule has 0 spiro atoms. The second-order valence-corrected chi connectivity index (χ2v) is 7.97. The summed E-state index contributed by atoms with van der Waals surface area (Å²) in [4.78, 5) is 10.9. The number of aliphatic hydroxyl groups is 1. The van der Waals surface area contributed by atoms with Crippen molar-refractivity contribution in [2.45, 2.75) is 18.4 Å². The van der Waals surface area contributed by atoms with Crippen molar-refractivity contribution in [2.24, 2.45) is 11.8 Å². The molecule has 0 bridgehead atoms. The van der Waals surface area contributed by atoms with Crippen LogP contribution in [-0.2, 0) is 5.60 Å². The van der Waals surface area contributed by atoms with Gasteiger partial charge in [-0.3, -0.25) is 4.90 Å². The minimum atomic E-state index is -0.983. The molecule has 1 saturated carbocycles. The van der Waals surface area contributed by atoms with Crippen LogP contribution in [0.5, 0.6) is 17.6 Å². The van der Waals surface area contributed by atoms with Crippen LogP contribution in [-0.4, -0.2) is 60.9 Å². The molecule has 2 aliphatic rings. The third-order valence-electron chi connectivity index (χ3n) is 6.40. The van der Waals surface area contributed by atoms with Gasteiger partial charge in [-0.1, -0.05) is 30.4 Å². The summed E-state index contributed by atoms with van der Waals surface area (Å²) in [6, 6.07) is 8.22. The topological polar surface area (TPSA) is 76.9 Å². The van der Waals surface area contributed by atoms with E-state index in [9.17, 15) is 5.11 Å². The van der Waals surface area contributed by atoms with E-state index in [0.29, 0.717) is 23.8 Å². The van der Waals surface area contributed by atoms with Crippen molar-refractivity contribution in [3.63, 3.8) is 0 Å². The summed E-state index contributed by atoms with van der Waals surface area (Å²) in [6.45, 7) is 2.63. The van der Waals surface area contributed by atoms with Gasteiger partial charge in [-0.15, -0.1) is 0 Å². The number of hydrogen-bond donors (Lipinski definition) is 1. The van der Waals surface area contributed by atoms with Crippen LogP contribution in [0, 0.1) is 11.8 Å². The number of hydrogen-bond acceptors (Lipinski definition) is 7. The van der Waals surface area contributed by atoms with Crippen LogP contribution in [0.15, 0.2) is 36.5 Å². The maximum Gasteiger partial charge on any atom is 0.319 e. The summed E-state index contributed by atoms with van der Waals surface area (Å²) in [5.74, 6) is 1.83. The highest BCUT2D eigenvalue weighted by molar-refractivity contribution is 5.57. The Bertz CT molecular complexity index is 919. The second-order valence-electron chi connectivity index (χ2n) is 7.97. The van der Waals surface area contributed by atoms with Gasteiger partial charge in [0, 0.05) is 37.3 Å². The highest BCUT2D eigenvalue weighted by Gasteiger charge is 2.53. The lowest BCUT2D eigenvalue weighted by Crippen LogP contribution is -2.35. The van der Waals surface area contributed by atoms with E-state index in [-0.39, 0.29) is 11.9 Å². The van der Waals surface area contributed by atoms with Crippen LogP contribution in [0.25, 0.3) is 6.08 Å². The van der Waals surface area contributed by atoms with E-state index in [1.807, 2.05) is 24.3 Å². The zero-order valence-corrected chi connectivity index (χ0v) is 17.7. The van der Waals surface area contributed by atoms with Crippen LogP contribution in [0.1, 0.15) is 24.0 Å². The molecule has 1 saturated heterocycles. The number of methoxy groups -OCH3 is 3. The summed E-state index contributed by atoms with van der Waals surface area (Å²) < 4.78 is 16.0. The Balaban J connectivity index is 1.47. The number of benzene rings is 1. The Kier molecular flexibility index (Phi) is 5.92. The highest BCUT2D eigenvalue weighted by atomic mass is 16.5. The first-order chi connectivity index (χ1) is 14.6. The van der Waals surface area contributed by atoms with Gasteiger partial charge >= 0.3 is 6.01 Å². The van der Waals surface area contributed by atoms with E-state index >= 15 is 0 Å². The maximum atomic E-state index is 11.6. The van der Waals surface area contributed by atoms with Crippen molar-refractivity contribution in [2.75, 3.05) is 41.0 Å². The number of nitrogens with zero attached hydrogens (tertiary/aromatic N) is 3. The Morgan fingerprint density at radius 1 is 1.17 bits per heavy atom. The van der Waals surface area contributed by atoms with Crippen molar-refractivity contribution < 1.29 is 19.3 Å². The standard InChI is InChI=1S/C23H29N3O4/c1-28-20-9-5-4-7-16(20)8-6-12-26-14-17-10-11-23(27,19(17)15-26)18-13-24-22(30-3)25-21(18)29-2/h4-9,13,17,19,27H,10-12,14-15H2,1-3H3/b8-6+/t17-,19+,23+/m1/s1. The van der Waals surface area contributed by atoms with Gasteiger partial charge in [0.15, 0.2) is 0 Å². The van der Waals surface area contributed by atoms with Crippen molar-refractivity contribution in [1.82, 2.24) is 14.9 Å². The Hall–Kier alpha value is -2.64. The molecule has 3 atom stereocenters. The quantitative estimate of drug-likeness (QED) is 0.751. The van der Waals surface area contributed by atoms with Gasteiger partial charge in [-0.2, -0.15) is 4.98 Å². The highest BCUT2D eigenvalue weighted by Crippen LogP contribution is 2.52. The van der Waals surface area contributed by atoms with Gasteiger partial charge in [0.2, 0.25) is 5.88 Å². The van der Waals surface area contributed by atoms with E-state index in [2.05, 4.69) is 27.0 Å². The molecule has 4 rings (SSSR count). The SMILES string of the molecule is COc1ncc([C@@]2(O)CC[C@@H]3CN(C/C=C/c4ccccc4OC)C[C@@H]32)c(OC)n1.